The minimum Gasteiger partial charge on any atom is -0.236 e. The minimum absolute atomic E-state index is 0.675. The van der Waals surface area contributed by atoms with Crippen molar-refractivity contribution < 1.29 is 18.1 Å². The summed E-state index contributed by atoms with van der Waals surface area (Å²) in [4.78, 5) is 0. The lowest BCUT2D eigenvalue weighted by Crippen LogP contribution is -2.72. The van der Waals surface area contributed by atoms with Gasteiger partial charge in [0.25, 0.3) is 0 Å². The molecule has 0 saturated carbocycles. The van der Waals surface area contributed by atoms with Gasteiger partial charge >= 0.3 is 9.05 Å². The molecule has 5 fully saturated rings. The van der Waals surface area contributed by atoms with Gasteiger partial charge in [0, 0.05) is 0 Å². The van der Waals surface area contributed by atoms with Gasteiger partial charge in [-0.05, 0) is 0 Å². The molecule has 0 aromatic carbocycles. The van der Waals surface area contributed by atoms with Crippen LogP contribution in [0.15, 0.2) is 0 Å². The highest BCUT2D eigenvalue weighted by Crippen LogP contribution is 2.37. The zero-order valence-corrected chi connectivity index (χ0v) is 5.44. The van der Waals surface area contributed by atoms with Gasteiger partial charge in [0.15, 0.2) is 0 Å². The Bertz CT molecular complexity index is 131. The Hall–Kier alpha value is -0.0231. The largest absolute Gasteiger partial charge is 0.756 e. The average Bonchev–Trinajstić information content (AvgIpc) is 1.87. The number of hydrogen-bond donors (Lipinski definition) is 0. The van der Waals surface area contributed by atoms with Gasteiger partial charge in [-0.3, -0.25) is 0 Å². The van der Waals surface area contributed by atoms with E-state index < -0.39 is 9.05 Å². The summed E-state index contributed by atoms with van der Waals surface area (Å²) in [7, 11) is -2.50. The van der Waals surface area contributed by atoms with Gasteiger partial charge in [-0.2, -0.15) is 0 Å². The molecule has 5 aliphatic rings. The van der Waals surface area contributed by atoms with Crippen molar-refractivity contribution in [2.75, 3.05) is 13.1 Å². The first-order chi connectivity index (χ1) is 4.36. The third-order valence-corrected chi connectivity index (χ3v) is 3.03. The first-order valence-corrected chi connectivity index (χ1v) is 4.31. The summed E-state index contributed by atoms with van der Waals surface area (Å²) >= 11 is 0. The fourth-order valence-electron chi connectivity index (χ4n) is 0.925. The first-order valence-electron chi connectivity index (χ1n) is 2.68. The Labute approximate surface area is 51.8 Å². The summed E-state index contributed by atoms with van der Waals surface area (Å²) in [6.45, 7) is 1.35. The van der Waals surface area contributed by atoms with Gasteiger partial charge < -0.3 is 0 Å². The summed E-state index contributed by atoms with van der Waals surface area (Å²) in [5, 5.41) is 2.78. The van der Waals surface area contributed by atoms with E-state index in [4.69, 9.17) is 18.1 Å². The van der Waals surface area contributed by atoms with Crippen molar-refractivity contribution in [3.8, 4) is 0 Å². The molecule has 5 aliphatic heterocycles. The van der Waals surface area contributed by atoms with Crippen LogP contribution in [0.4, 0.5) is 0 Å². The Morgan fingerprint density at radius 2 is 1.33 bits per heavy atom. The van der Waals surface area contributed by atoms with Gasteiger partial charge in [-0.1, -0.05) is 10.5 Å². The molecule has 7 heteroatoms. The third-order valence-electron chi connectivity index (χ3n) is 1.32. The van der Waals surface area contributed by atoms with E-state index in [9.17, 15) is 0 Å². The maximum absolute atomic E-state index is 5.02. The summed E-state index contributed by atoms with van der Waals surface area (Å²) in [5.74, 6) is 0. The summed E-state index contributed by atoms with van der Waals surface area (Å²) < 4.78 is 20.1. The van der Waals surface area contributed by atoms with E-state index in [0.29, 0.717) is 13.1 Å². The van der Waals surface area contributed by atoms with Crippen LogP contribution in [0.3, 0.4) is 0 Å². The summed E-state index contributed by atoms with van der Waals surface area (Å²) in [6, 6.07) is 0. The van der Waals surface area contributed by atoms with E-state index in [0.717, 1.165) is 0 Å². The van der Waals surface area contributed by atoms with Crippen LogP contribution >= 0.6 is 0 Å². The van der Waals surface area contributed by atoms with Crippen LogP contribution in [0.1, 0.15) is 0 Å². The van der Waals surface area contributed by atoms with E-state index in [1.807, 2.05) is 0 Å². The van der Waals surface area contributed by atoms with Crippen molar-refractivity contribution in [2.24, 2.45) is 0 Å². The van der Waals surface area contributed by atoms with Gasteiger partial charge in [0.05, 0.1) is 13.1 Å². The molecule has 0 N–H and O–H groups in total. The second-order valence-corrected chi connectivity index (χ2v) is 3.71. The highest BCUT2D eigenvalue weighted by molar-refractivity contribution is 6.55. The maximum Gasteiger partial charge on any atom is 0.756 e. The fraction of sp³-hybridized carbons (Fsp3) is 1.00. The van der Waals surface area contributed by atoms with Gasteiger partial charge in [0.2, 0.25) is 0 Å². The van der Waals surface area contributed by atoms with Crippen molar-refractivity contribution in [1.82, 2.24) is 10.5 Å². The molecule has 9 heavy (non-hydrogen) atoms. The van der Waals surface area contributed by atoms with Gasteiger partial charge in [-0.25, -0.2) is 18.1 Å². The molecule has 0 amide bonds. The van der Waals surface area contributed by atoms with Gasteiger partial charge in [0.1, 0.15) is 0 Å². The number of rotatable bonds is 0. The van der Waals surface area contributed by atoms with Crippen LogP contribution in [0.2, 0.25) is 0 Å². The standard InChI is InChI=1S/C2H4N2O4Si/c1-2-4-7-9(8-4)5-3(1)6-9/h1-2H2. The van der Waals surface area contributed by atoms with Crippen molar-refractivity contribution in [3.05, 3.63) is 0 Å². The van der Waals surface area contributed by atoms with Crippen LogP contribution in [-0.4, -0.2) is 32.6 Å². The zero-order valence-electron chi connectivity index (χ0n) is 4.44. The molecule has 0 aromatic rings. The van der Waals surface area contributed by atoms with Crippen LogP contribution in [-0.2, 0) is 18.1 Å². The number of hydroxylamine groups is 4. The fourth-order valence-corrected chi connectivity index (χ4v) is 2.45. The Balaban J connectivity index is 1.92. The van der Waals surface area contributed by atoms with E-state index in [-0.39, 0.29) is 0 Å². The lowest BCUT2D eigenvalue weighted by molar-refractivity contribution is -0.502. The molecule has 0 aromatic heterocycles. The Kier molecular flexibility index (Phi) is 0.633. The van der Waals surface area contributed by atoms with E-state index in [1.165, 1.54) is 10.5 Å². The van der Waals surface area contributed by atoms with Crippen LogP contribution in [0, 0.1) is 0 Å². The molecule has 50 valence electrons. The summed E-state index contributed by atoms with van der Waals surface area (Å²) in [5.41, 5.74) is 0. The minimum atomic E-state index is -2.50. The molecule has 5 saturated heterocycles. The Morgan fingerprint density at radius 3 is 1.78 bits per heavy atom. The van der Waals surface area contributed by atoms with Crippen LogP contribution in [0.5, 0.6) is 0 Å². The lowest BCUT2D eigenvalue weighted by atomic mass is 10.7. The van der Waals surface area contributed by atoms with Crippen molar-refractivity contribution in [1.29, 1.82) is 0 Å². The van der Waals surface area contributed by atoms with Gasteiger partial charge in [-0.15, -0.1) is 0 Å². The molecule has 6 nitrogen and oxygen atoms in total. The van der Waals surface area contributed by atoms with Crippen molar-refractivity contribution >= 4 is 9.05 Å². The molecule has 0 aliphatic carbocycles. The molecule has 1 spiro atoms. The highest BCUT2D eigenvalue weighted by Gasteiger charge is 2.72. The highest BCUT2D eigenvalue weighted by atomic mass is 28.4. The Morgan fingerprint density at radius 1 is 0.889 bits per heavy atom. The second-order valence-electron chi connectivity index (χ2n) is 1.98. The quantitative estimate of drug-likeness (QED) is 0.402. The number of hydrogen-bond acceptors (Lipinski definition) is 6. The average molecular weight is 148 g/mol. The molecule has 3 bridgehead atoms. The topological polar surface area (TPSA) is 43.4 Å². The monoisotopic (exact) mass is 148 g/mol. The lowest BCUT2D eigenvalue weighted by Gasteiger charge is -2.44. The van der Waals surface area contributed by atoms with Crippen molar-refractivity contribution in [3.63, 3.8) is 0 Å². The predicted octanol–water partition coefficient (Wildman–Crippen LogP) is -1.21. The smallest absolute Gasteiger partial charge is 0.236 e. The second kappa shape index (κ2) is 1.20. The number of nitrogens with zero attached hydrogens (tertiary/aromatic N) is 2. The first kappa shape index (κ1) is 4.74. The molecule has 0 atom stereocenters. The SMILES string of the molecule is C1CN2O[Si]3(ON1O3)O2. The van der Waals surface area contributed by atoms with E-state index in [2.05, 4.69) is 0 Å². The van der Waals surface area contributed by atoms with E-state index >= 15 is 0 Å². The molecular weight excluding hydrogens is 144 g/mol. The van der Waals surface area contributed by atoms with Crippen LogP contribution in [0.25, 0.3) is 0 Å². The molecule has 5 rings (SSSR count). The molecule has 0 unspecified atom stereocenters. The molecular formula is C2H4N2O4Si. The normalized spacial score (nSPS) is 61.3. The third kappa shape index (κ3) is 0.457. The predicted molar refractivity (Wildman–Crippen MR) is 23.5 cm³/mol. The maximum atomic E-state index is 5.02. The van der Waals surface area contributed by atoms with Crippen LogP contribution < -0.4 is 0 Å². The van der Waals surface area contributed by atoms with E-state index in [1.54, 1.807) is 0 Å². The van der Waals surface area contributed by atoms with Crippen molar-refractivity contribution in [2.45, 2.75) is 0 Å². The summed E-state index contributed by atoms with van der Waals surface area (Å²) in [6.07, 6.45) is 0. The molecule has 5 heterocycles. The zero-order chi connectivity index (χ0) is 5.90. The molecule has 0 radical (unpaired) electrons.